The van der Waals surface area contributed by atoms with Gasteiger partial charge in [0.05, 0.1) is 12.6 Å². The zero-order valence-corrected chi connectivity index (χ0v) is 9.89. The summed E-state index contributed by atoms with van der Waals surface area (Å²) in [5.74, 6) is 0. The summed E-state index contributed by atoms with van der Waals surface area (Å²) in [6.07, 6.45) is -2.24. The number of aliphatic hydroxyl groups excluding tert-OH is 1. The lowest BCUT2D eigenvalue weighted by Gasteiger charge is -2.21. The SMILES string of the molecule is B[C@@H]1O[C@H](COC)C(OP(C)(=O)O)C1O. The number of ether oxygens (including phenoxy) is 2. The zero-order chi connectivity index (χ0) is 11.6. The molecule has 0 aliphatic carbocycles. The maximum atomic E-state index is 11.1. The van der Waals surface area contributed by atoms with Gasteiger partial charge in [0.15, 0.2) is 0 Å². The molecule has 0 aromatic rings. The van der Waals surface area contributed by atoms with Crippen LogP contribution in [0, 0.1) is 0 Å². The highest BCUT2D eigenvalue weighted by atomic mass is 31.2. The van der Waals surface area contributed by atoms with E-state index in [1.54, 1.807) is 7.85 Å². The number of hydrogen-bond donors (Lipinski definition) is 2. The van der Waals surface area contributed by atoms with E-state index < -0.39 is 31.9 Å². The van der Waals surface area contributed by atoms with Gasteiger partial charge in [0, 0.05) is 13.8 Å². The lowest BCUT2D eigenvalue weighted by molar-refractivity contribution is -0.0143. The van der Waals surface area contributed by atoms with E-state index in [1.807, 2.05) is 0 Å². The van der Waals surface area contributed by atoms with Crippen molar-refractivity contribution < 1.29 is 28.6 Å². The Hall–Kier alpha value is 0.0949. The van der Waals surface area contributed by atoms with Gasteiger partial charge in [0.25, 0.3) is 0 Å². The molecule has 8 heteroatoms. The first-order chi connectivity index (χ1) is 6.85. The molecule has 0 spiro atoms. The minimum absolute atomic E-state index is 0.214. The molecule has 88 valence electrons. The van der Waals surface area contributed by atoms with E-state index >= 15 is 0 Å². The Kier molecular flexibility index (Phi) is 4.34. The summed E-state index contributed by atoms with van der Waals surface area (Å²) in [5.41, 5.74) is 0. The lowest BCUT2D eigenvalue weighted by Crippen LogP contribution is -2.36. The third kappa shape index (κ3) is 3.55. The van der Waals surface area contributed by atoms with Gasteiger partial charge in [-0.15, -0.1) is 0 Å². The summed E-state index contributed by atoms with van der Waals surface area (Å²) in [6, 6.07) is -0.429. The summed E-state index contributed by atoms with van der Waals surface area (Å²) in [6.45, 7) is 1.29. The molecule has 1 saturated heterocycles. The number of aliphatic hydroxyl groups is 1. The third-order valence-corrected chi connectivity index (χ3v) is 2.86. The second-order valence-electron chi connectivity index (χ2n) is 3.70. The average molecular weight is 238 g/mol. The van der Waals surface area contributed by atoms with Crippen LogP contribution < -0.4 is 0 Å². The van der Waals surface area contributed by atoms with Gasteiger partial charge in [-0.05, 0) is 0 Å². The van der Waals surface area contributed by atoms with Crippen LogP contribution in [0.1, 0.15) is 0 Å². The smallest absolute Gasteiger partial charge is 0.325 e. The van der Waals surface area contributed by atoms with E-state index in [-0.39, 0.29) is 6.61 Å². The Bertz CT molecular complexity index is 256. The van der Waals surface area contributed by atoms with Crippen molar-refractivity contribution >= 4 is 15.4 Å². The van der Waals surface area contributed by atoms with Crippen LogP contribution in [0.25, 0.3) is 0 Å². The minimum Gasteiger partial charge on any atom is -0.388 e. The van der Waals surface area contributed by atoms with E-state index in [9.17, 15) is 9.67 Å². The Morgan fingerprint density at radius 2 is 2.20 bits per heavy atom. The fourth-order valence-corrected chi connectivity index (χ4v) is 2.29. The van der Waals surface area contributed by atoms with E-state index in [0.29, 0.717) is 0 Å². The van der Waals surface area contributed by atoms with Crippen molar-refractivity contribution in [1.29, 1.82) is 0 Å². The van der Waals surface area contributed by atoms with Crippen molar-refractivity contribution in [3.8, 4) is 0 Å². The van der Waals surface area contributed by atoms with Crippen LogP contribution >= 0.6 is 7.60 Å². The summed E-state index contributed by atoms with van der Waals surface area (Å²) >= 11 is 0. The lowest BCUT2D eigenvalue weighted by atomic mass is 9.93. The summed E-state index contributed by atoms with van der Waals surface area (Å²) in [7, 11) is -0.474. The predicted octanol–water partition coefficient (Wildman–Crippen LogP) is -1.45. The van der Waals surface area contributed by atoms with Crippen LogP contribution in [0.3, 0.4) is 0 Å². The van der Waals surface area contributed by atoms with Gasteiger partial charge in [-0.1, -0.05) is 0 Å². The topological polar surface area (TPSA) is 85.2 Å². The van der Waals surface area contributed by atoms with Crippen molar-refractivity contribution in [3.05, 3.63) is 0 Å². The van der Waals surface area contributed by atoms with Crippen LogP contribution in [-0.4, -0.2) is 62.5 Å². The van der Waals surface area contributed by atoms with Crippen molar-refractivity contribution in [1.82, 2.24) is 0 Å². The molecule has 1 heterocycles. The molecule has 1 fully saturated rings. The molecule has 0 radical (unpaired) electrons. The van der Waals surface area contributed by atoms with Gasteiger partial charge in [0.2, 0.25) is 0 Å². The van der Waals surface area contributed by atoms with Gasteiger partial charge >= 0.3 is 7.60 Å². The van der Waals surface area contributed by atoms with Crippen molar-refractivity contribution in [2.24, 2.45) is 0 Å². The van der Waals surface area contributed by atoms with Crippen LogP contribution in [0.5, 0.6) is 0 Å². The van der Waals surface area contributed by atoms with Crippen LogP contribution in [0.2, 0.25) is 0 Å². The Morgan fingerprint density at radius 1 is 1.60 bits per heavy atom. The predicted molar refractivity (Wildman–Crippen MR) is 55.7 cm³/mol. The summed E-state index contributed by atoms with van der Waals surface area (Å²) in [4.78, 5) is 9.09. The van der Waals surface area contributed by atoms with Crippen molar-refractivity contribution in [3.63, 3.8) is 0 Å². The first-order valence-corrected chi connectivity index (χ1v) is 6.68. The molecule has 0 saturated carbocycles. The number of methoxy groups -OCH3 is 1. The first-order valence-electron chi connectivity index (χ1n) is 4.66. The zero-order valence-electron chi connectivity index (χ0n) is 8.99. The van der Waals surface area contributed by atoms with E-state index in [1.165, 1.54) is 7.11 Å². The molecule has 15 heavy (non-hydrogen) atoms. The average Bonchev–Trinajstić information content (AvgIpc) is 2.32. The maximum Gasteiger partial charge on any atom is 0.325 e. The van der Waals surface area contributed by atoms with E-state index in [0.717, 1.165) is 6.66 Å². The highest BCUT2D eigenvalue weighted by Crippen LogP contribution is 2.42. The number of rotatable bonds is 4. The van der Waals surface area contributed by atoms with Gasteiger partial charge in [-0.25, -0.2) is 0 Å². The van der Waals surface area contributed by atoms with Gasteiger partial charge < -0.3 is 19.5 Å². The summed E-state index contributed by atoms with van der Waals surface area (Å²) < 4.78 is 26.2. The molecule has 6 nitrogen and oxygen atoms in total. The quantitative estimate of drug-likeness (QED) is 0.460. The minimum atomic E-state index is -3.64. The second kappa shape index (κ2) is 4.95. The van der Waals surface area contributed by atoms with Gasteiger partial charge in [-0.2, -0.15) is 0 Å². The van der Waals surface area contributed by atoms with E-state index in [4.69, 9.17) is 18.9 Å². The van der Waals surface area contributed by atoms with Crippen LogP contribution in [0.15, 0.2) is 0 Å². The highest BCUT2D eigenvalue weighted by Gasteiger charge is 2.44. The molecule has 1 aliphatic heterocycles. The fraction of sp³-hybridized carbons (Fsp3) is 1.00. The molecule has 1 aliphatic rings. The maximum absolute atomic E-state index is 11.1. The van der Waals surface area contributed by atoms with Crippen LogP contribution in [-0.2, 0) is 18.6 Å². The normalized spacial score (nSPS) is 40.3. The van der Waals surface area contributed by atoms with Gasteiger partial charge in [-0.3, -0.25) is 9.09 Å². The second-order valence-corrected chi connectivity index (χ2v) is 5.52. The highest BCUT2D eigenvalue weighted by molar-refractivity contribution is 7.51. The molecule has 2 N–H and O–H groups in total. The van der Waals surface area contributed by atoms with Crippen molar-refractivity contribution in [2.75, 3.05) is 20.4 Å². The Balaban J connectivity index is 2.68. The molecular weight excluding hydrogens is 222 g/mol. The van der Waals surface area contributed by atoms with Crippen LogP contribution in [0.4, 0.5) is 0 Å². The number of hydrogen-bond acceptors (Lipinski definition) is 5. The fourth-order valence-electron chi connectivity index (χ4n) is 1.58. The third-order valence-electron chi connectivity index (χ3n) is 2.22. The molecule has 0 aromatic heterocycles. The molecule has 0 aromatic carbocycles. The Labute approximate surface area is 89.5 Å². The molecule has 1 rings (SSSR count). The first kappa shape index (κ1) is 13.2. The summed E-state index contributed by atoms with van der Waals surface area (Å²) in [5, 5.41) is 9.68. The molecule has 0 amide bonds. The monoisotopic (exact) mass is 238 g/mol. The standard InChI is InChI=1S/C7H16BO6P/c1-12-3-4-6(14-15(2,10)11)5(9)7(8)13-4/h4-7,9H,3,8H2,1-2H3,(H,10,11)/t4-,5?,6?,7-/m1/s1. The van der Waals surface area contributed by atoms with Gasteiger partial charge in [0.1, 0.15) is 26.2 Å². The molecule has 5 atom stereocenters. The Morgan fingerprint density at radius 3 is 2.67 bits per heavy atom. The molecule has 3 unspecified atom stereocenters. The van der Waals surface area contributed by atoms with E-state index in [2.05, 4.69) is 0 Å². The van der Waals surface area contributed by atoms with Crippen molar-refractivity contribution in [2.45, 2.75) is 24.3 Å². The largest absolute Gasteiger partial charge is 0.388 e. The molecule has 0 bridgehead atoms. The molecular formula is C7H16BO6P.